The Labute approximate surface area is 166 Å². The minimum absolute atomic E-state index is 0.0687. The number of aryl methyl sites for hydroxylation is 1. The van der Waals surface area contributed by atoms with Gasteiger partial charge < -0.3 is 15.4 Å². The highest BCUT2D eigenvalue weighted by atomic mass is 32.1. The zero-order valence-electron chi connectivity index (χ0n) is 15.9. The number of carbonyl (C=O) groups excluding carboxylic acids is 4. The van der Waals surface area contributed by atoms with Crippen LogP contribution in [0.25, 0.3) is 0 Å². The third kappa shape index (κ3) is 5.37. The molecule has 7 nitrogen and oxygen atoms in total. The second kappa shape index (κ2) is 9.09. The lowest BCUT2D eigenvalue weighted by molar-refractivity contribution is -0.114. The van der Waals surface area contributed by atoms with E-state index in [2.05, 4.69) is 10.6 Å². The Morgan fingerprint density at radius 2 is 1.68 bits per heavy atom. The van der Waals surface area contributed by atoms with Crippen molar-refractivity contribution in [1.82, 2.24) is 0 Å². The second-order valence-electron chi connectivity index (χ2n) is 6.00. The van der Waals surface area contributed by atoms with Crippen LogP contribution >= 0.6 is 11.3 Å². The van der Waals surface area contributed by atoms with Gasteiger partial charge in [-0.15, -0.1) is 11.3 Å². The number of Topliss-reactive ketones (excluding diaryl/α,β-unsaturated/α-hetero) is 1. The number of ether oxygens (including phenoxy) is 1. The molecular weight excluding hydrogens is 380 g/mol. The molecule has 1 heterocycles. The molecular formula is C20H20N2O5S. The van der Waals surface area contributed by atoms with E-state index >= 15 is 0 Å². The Morgan fingerprint density at radius 3 is 2.25 bits per heavy atom. The number of amides is 2. The molecule has 1 aromatic heterocycles. The van der Waals surface area contributed by atoms with Gasteiger partial charge in [0.1, 0.15) is 5.00 Å². The summed E-state index contributed by atoms with van der Waals surface area (Å²) in [5.74, 6) is -1.61. The molecule has 0 fully saturated rings. The van der Waals surface area contributed by atoms with E-state index in [1.165, 1.54) is 32.3 Å². The third-order valence-corrected chi connectivity index (χ3v) is 4.72. The van der Waals surface area contributed by atoms with Crippen LogP contribution in [0.4, 0.5) is 10.7 Å². The van der Waals surface area contributed by atoms with Crippen molar-refractivity contribution in [3.8, 4) is 0 Å². The fourth-order valence-electron chi connectivity index (χ4n) is 2.30. The summed E-state index contributed by atoms with van der Waals surface area (Å²) in [7, 11) is 1.26. The van der Waals surface area contributed by atoms with E-state index in [9.17, 15) is 19.2 Å². The monoisotopic (exact) mass is 400 g/mol. The van der Waals surface area contributed by atoms with Crippen molar-refractivity contribution in [3.05, 3.63) is 58.0 Å². The van der Waals surface area contributed by atoms with Crippen LogP contribution < -0.4 is 10.6 Å². The van der Waals surface area contributed by atoms with Crippen LogP contribution in [0.1, 0.15) is 39.4 Å². The van der Waals surface area contributed by atoms with Crippen molar-refractivity contribution in [2.75, 3.05) is 17.7 Å². The van der Waals surface area contributed by atoms with Gasteiger partial charge in [0, 0.05) is 27.8 Å². The molecule has 0 aliphatic heterocycles. The van der Waals surface area contributed by atoms with E-state index in [4.69, 9.17) is 4.74 Å². The molecule has 8 heteroatoms. The maximum atomic E-state index is 12.2. The second-order valence-corrected chi connectivity index (χ2v) is 7.25. The predicted molar refractivity (Wildman–Crippen MR) is 108 cm³/mol. The highest BCUT2D eigenvalue weighted by Gasteiger charge is 2.17. The Balaban J connectivity index is 2.06. The third-order valence-electron chi connectivity index (χ3n) is 3.75. The molecule has 0 aliphatic rings. The van der Waals surface area contributed by atoms with Gasteiger partial charge in [0.2, 0.25) is 5.91 Å². The average molecular weight is 400 g/mol. The van der Waals surface area contributed by atoms with Crippen molar-refractivity contribution >= 4 is 45.6 Å². The lowest BCUT2D eigenvalue weighted by atomic mass is 10.1. The summed E-state index contributed by atoms with van der Waals surface area (Å²) in [4.78, 5) is 48.3. The SMILES string of the molecule is COC(=O)c1cc(C)sc1NC(=O)/C=C(/C)C(=O)Nc1ccc(C(C)=O)cc1. The molecule has 1 aromatic carbocycles. The summed E-state index contributed by atoms with van der Waals surface area (Å²) in [5.41, 5.74) is 1.49. The highest BCUT2D eigenvalue weighted by molar-refractivity contribution is 7.16. The van der Waals surface area contributed by atoms with Crippen LogP contribution in [0, 0.1) is 6.92 Å². The predicted octanol–water partition coefficient (Wildman–Crippen LogP) is 3.57. The molecule has 0 saturated carbocycles. The molecule has 0 bridgehead atoms. The molecule has 0 unspecified atom stereocenters. The molecule has 28 heavy (non-hydrogen) atoms. The fourth-order valence-corrected chi connectivity index (χ4v) is 3.20. The van der Waals surface area contributed by atoms with Gasteiger partial charge in [-0.2, -0.15) is 0 Å². The van der Waals surface area contributed by atoms with Gasteiger partial charge in [0.25, 0.3) is 5.91 Å². The molecule has 0 aliphatic carbocycles. The number of ketones is 1. The molecule has 0 atom stereocenters. The largest absolute Gasteiger partial charge is 0.465 e. The molecule has 0 radical (unpaired) electrons. The zero-order chi connectivity index (χ0) is 20.8. The van der Waals surface area contributed by atoms with E-state index < -0.39 is 17.8 Å². The summed E-state index contributed by atoms with van der Waals surface area (Å²) in [6.45, 7) is 4.76. The van der Waals surface area contributed by atoms with Crippen LogP contribution in [-0.4, -0.2) is 30.7 Å². The Bertz CT molecular complexity index is 957. The van der Waals surface area contributed by atoms with E-state index in [0.29, 0.717) is 16.3 Å². The number of rotatable bonds is 6. The first kappa shape index (κ1) is 21.0. The normalized spacial score (nSPS) is 10.9. The first-order valence-corrected chi connectivity index (χ1v) is 9.13. The molecule has 146 valence electrons. The highest BCUT2D eigenvalue weighted by Crippen LogP contribution is 2.28. The van der Waals surface area contributed by atoms with Crippen LogP contribution in [-0.2, 0) is 14.3 Å². The lowest BCUT2D eigenvalue weighted by Gasteiger charge is -2.07. The van der Waals surface area contributed by atoms with Crippen LogP contribution in [0.2, 0.25) is 0 Å². The summed E-state index contributed by atoms with van der Waals surface area (Å²) >= 11 is 1.24. The van der Waals surface area contributed by atoms with Gasteiger partial charge in [-0.1, -0.05) is 0 Å². The number of hydrogen-bond acceptors (Lipinski definition) is 6. The molecule has 2 aromatic rings. The Hall–Kier alpha value is -3.26. The summed E-state index contributed by atoms with van der Waals surface area (Å²) < 4.78 is 4.70. The standard InChI is InChI=1S/C20H20N2O5S/c1-11(18(25)21-15-7-5-14(6-8-15)13(3)23)9-17(24)22-19-16(20(26)27-4)10-12(2)28-19/h5-10H,1-4H3,(H,21,25)(H,22,24)/b11-9-. The van der Waals surface area contributed by atoms with Gasteiger partial charge in [-0.3, -0.25) is 14.4 Å². The smallest absolute Gasteiger partial charge is 0.340 e. The maximum Gasteiger partial charge on any atom is 0.340 e. The van der Waals surface area contributed by atoms with Crippen molar-refractivity contribution in [2.45, 2.75) is 20.8 Å². The minimum atomic E-state index is -0.549. The van der Waals surface area contributed by atoms with Gasteiger partial charge in [-0.25, -0.2) is 4.79 Å². The van der Waals surface area contributed by atoms with Gasteiger partial charge >= 0.3 is 5.97 Å². The van der Waals surface area contributed by atoms with Crippen molar-refractivity contribution in [2.24, 2.45) is 0 Å². The average Bonchev–Trinajstić information content (AvgIpc) is 3.01. The first-order valence-electron chi connectivity index (χ1n) is 8.31. The van der Waals surface area contributed by atoms with Crippen molar-refractivity contribution in [1.29, 1.82) is 0 Å². The summed E-state index contributed by atoms with van der Waals surface area (Å²) in [5, 5.41) is 5.61. The number of anilines is 2. The van der Waals surface area contributed by atoms with Crippen LogP contribution in [0.15, 0.2) is 42.0 Å². The van der Waals surface area contributed by atoms with Gasteiger partial charge in [0.05, 0.1) is 12.7 Å². The van der Waals surface area contributed by atoms with Crippen molar-refractivity contribution < 1.29 is 23.9 Å². The Morgan fingerprint density at radius 1 is 1.04 bits per heavy atom. The summed E-state index contributed by atoms with van der Waals surface area (Å²) in [6.07, 6.45) is 1.15. The van der Waals surface area contributed by atoms with Gasteiger partial charge in [0.15, 0.2) is 5.78 Å². The number of nitrogens with one attached hydrogen (secondary N) is 2. The molecule has 2 rings (SSSR count). The molecule has 0 spiro atoms. The lowest BCUT2D eigenvalue weighted by Crippen LogP contribution is -2.16. The minimum Gasteiger partial charge on any atom is -0.465 e. The number of esters is 1. The number of thiophene rings is 1. The van der Waals surface area contributed by atoms with E-state index in [0.717, 1.165) is 11.0 Å². The Kier molecular flexibility index (Phi) is 6.84. The number of benzene rings is 1. The summed E-state index contributed by atoms with van der Waals surface area (Å²) in [6, 6.07) is 8.06. The van der Waals surface area contributed by atoms with Crippen LogP contribution in [0.3, 0.4) is 0 Å². The molecule has 2 amide bonds. The fraction of sp³-hybridized carbons (Fsp3) is 0.200. The van der Waals surface area contributed by atoms with E-state index in [1.807, 2.05) is 0 Å². The molecule has 0 saturated heterocycles. The number of methoxy groups -OCH3 is 1. The molecule has 2 N–H and O–H groups in total. The number of carbonyl (C=O) groups is 4. The first-order chi connectivity index (χ1) is 13.2. The van der Waals surface area contributed by atoms with Crippen LogP contribution in [0.5, 0.6) is 0 Å². The topological polar surface area (TPSA) is 102 Å². The quantitative estimate of drug-likeness (QED) is 0.438. The zero-order valence-corrected chi connectivity index (χ0v) is 16.7. The maximum absolute atomic E-state index is 12.2. The number of hydrogen-bond donors (Lipinski definition) is 2. The van der Waals surface area contributed by atoms with E-state index in [-0.39, 0.29) is 16.9 Å². The van der Waals surface area contributed by atoms with Crippen molar-refractivity contribution in [3.63, 3.8) is 0 Å². The van der Waals surface area contributed by atoms with Gasteiger partial charge in [-0.05, 0) is 51.1 Å². The van der Waals surface area contributed by atoms with E-state index in [1.54, 1.807) is 37.3 Å².